The van der Waals surface area contributed by atoms with Gasteiger partial charge in [0.05, 0.1) is 25.0 Å². The SMILES string of the molecule is CC(C)N1CCOc2c(F)cc(-c3nc(Cc4ccc5c(c4)CN=C5)ncc3F)cc21. The van der Waals surface area contributed by atoms with Crippen LogP contribution in [0.1, 0.15) is 36.4 Å². The fraction of sp³-hybridized carbons (Fsp3) is 0.292. The van der Waals surface area contributed by atoms with Crippen molar-refractivity contribution in [2.45, 2.75) is 32.9 Å². The van der Waals surface area contributed by atoms with E-state index in [1.54, 1.807) is 6.07 Å². The minimum atomic E-state index is -0.585. The molecular formula is C24H22F2N4O. The van der Waals surface area contributed by atoms with Crippen LogP contribution in [0, 0.1) is 11.6 Å². The van der Waals surface area contributed by atoms with Crippen molar-refractivity contribution in [2.24, 2.45) is 4.99 Å². The quantitative estimate of drug-likeness (QED) is 0.621. The van der Waals surface area contributed by atoms with E-state index >= 15 is 0 Å². The molecule has 3 aromatic rings. The van der Waals surface area contributed by atoms with Crippen LogP contribution in [0.4, 0.5) is 14.5 Å². The van der Waals surface area contributed by atoms with E-state index in [1.165, 1.54) is 6.07 Å². The maximum absolute atomic E-state index is 14.8. The van der Waals surface area contributed by atoms with Gasteiger partial charge in [-0.2, -0.15) is 0 Å². The van der Waals surface area contributed by atoms with Crippen molar-refractivity contribution in [3.8, 4) is 17.0 Å². The summed E-state index contributed by atoms with van der Waals surface area (Å²) in [5.41, 5.74) is 4.38. The number of halogens is 2. The third-order valence-electron chi connectivity index (χ3n) is 5.66. The standard InChI is InChI=1S/C24H22F2N4O/c1-14(2)30-5-6-31-24-19(25)9-17(10-21(24)30)23-20(26)13-28-22(29-23)8-15-3-4-16-11-27-12-18(16)7-15/h3-4,7,9-11,13-14H,5-6,8,12H2,1-2H3. The second-order valence-corrected chi connectivity index (χ2v) is 8.10. The number of hydrogen-bond acceptors (Lipinski definition) is 5. The normalized spacial score (nSPS) is 14.5. The van der Waals surface area contributed by atoms with Crippen LogP contribution < -0.4 is 9.64 Å². The summed E-state index contributed by atoms with van der Waals surface area (Å²) in [6, 6.07) is 9.28. The highest BCUT2D eigenvalue weighted by atomic mass is 19.1. The van der Waals surface area contributed by atoms with Crippen LogP contribution in [0.25, 0.3) is 11.3 Å². The fourth-order valence-electron chi connectivity index (χ4n) is 4.12. The van der Waals surface area contributed by atoms with E-state index in [4.69, 9.17) is 4.74 Å². The molecule has 0 saturated heterocycles. The molecule has 0 unspecified atom stereocenters. The molecule has 158 valence electrons. The molecule has 0 bridgehead atoms. The predicted molar refractivity (Wildman–Crippen MR) is 116 cm³/mol. The zero-order chi connectivity index (χ0) is 21.5. The van der Waals surface area contributed by atoms with Crippen molar-refractivity contribution < 1.29 is 13.5 Å². The molecule has 5 rings (SSSR count). The number of fused-ring (bicyclic) bond motifs is 2. The van der Waals surface area contributed by atoms with Gasteiger partial charge in [0.2, 0.25) is 0 Å². The topological polar surface area (TPSA) is 50.6 Å². The number of nitrogens with zero attached hydrogens (tertiary/aromatic N) is 4. The summed E-state index contributed by atoms with van der Waals surface area (Å²) in [4.78, 5) is 14.9. The highest BCUT2D eigenvalue weighted by Crippen LogP contribution is 2.39. The van der Waals surface area contributed by atoms with Crippen LogP contribution in [0.2, 0.25) is 0 Å². The zero-order valence-corrected chi connectivity index (χ0v) is 17.4. The first-order valence-corrected chi connectivity index (χ1v) is 10.4. The Bertz CT molecular complexity index is 1190. The third-order valence-corrected chi connectivity index (χ3v) is 5.66. The lowest BCUT2D eigenvalue weighted by Crippen LogP contribution is -2.38. The smallest absolute Gasteiger partial charge is 0.178 e. The van der Waals surface area contributed by atoms with Crippen molar-refractivity contribution in [1.82, 2.24) is 9.97 Å². The van der Waals surface area contributed by atoms with Gasteiger partial charge in [-0.3, -0.25) is 4.99 Å². The van der Waals surface area contributed by atoms with E-state index in [0.717, 1.165) is 22.9 Å². The van der Waals surface area contributed by atoms with Gasteiger partial charge < -0.3 is 9.64 Å². The Kier molecular flexibility index (Phi) is 4.88. The summed E-state index contributed by atoms with van der Waals surface area (Å²) in [5, 5.41) is 0. The van der Waals surface area contributed by atoms with E-state index < -0.39 is 11.6 Å². The lowest BCUT2D eigenvalue weighted by molar-refractivity contribution is 0.287. The Balaban J connectivity index is 1.51. The van der Waals surface area contributed by atoms with Gasteiger partial charge in [-0.25, -0.2) is 18.7 Å². The second kappa shape index (κ2) is 7.72. The molecule has 3 heterocycles. The first-order valence-electron chi connectivity index (χ1n) is 10.4. The molecule has 0 atom stereocenters. The molecule has 0 spiro atoms. The first-order chi connectivity index (χ1) is 15.0. The largest absolute Gasteiger partial charge is 0.486 e. The molecule has 0 radical (unpaired) electrons. The zero-order valence-electron chi connectivity index (χ0n) is 17.4. The first kappa shape index (κ1) is 19.6. The van der Waals surface area contributed by atoms with Gasteiger partial charge >= 0.3 is 0 Å². The van der Waals surface area contributed by atoms with E-state index in [-0.39, 0.29) is 17.5 Å². The minimum absolute atomic E-state index is 0.0884. The summed E-state index contributed by atoms with van der Waals surface area (Å²) in [6.45, 7) is 5.79. The Morgan fingerprint density at radius 3 is 2.84 bits per heavy atom. The third kappa shape index (κ3) is 3.65. The van der Waals surface area contributed by atoms with Gasteiger partial charge in [-0.05, 0) is 42.7 Å². The fourth-order valence-corrected chi connectivity index (χ4v) is 4.12. The van der Waals surface area contributed by atoms with Gasteiger partial charge in [0, 0.05) is 24.2 Å². The lowest BCUT2D eigenvalue weighted by atomic mass is 10.0. The summed E-state index contributed by atoms with van der Waals surface area (Å²) in [6.07, 6.45) is 3.47. The molecule has 0 N–H and O–H groups in total. The highest BCUT2D eigenvalue weighted by Gasteiger charge is 2.25. The van der Waals surface area contributed by atoms with Crippen molar-refractivity contribution in [3.05, 3.63) is 70.7 Å². The Hall–Kier alpha value is -3.35. The molecule has 0 amide bonds. The molecule has 1 aromatic heterocycles. The number of aromatic nitrogens is 2. The minimum Gasteiger partial charge on any atom is -0.486 e. The molecule has 2 aliphatic rings. The van der Waals surface area contributed by atoms with Crippen LogP contribution in [0.3, 0.4) is 0 Å². The molecule has 0 saturated carbocycles. The van der Waals surface area contributed by atoms with Gasteiger partial charge in [0.1, 0.15) is 18.1 Å². The van der Waals surface area contributed by atoms with Crippen LogP contribution in [0.5, 0.6) is 5.75 Å². The number of ether oxygens (including phenoxy) is 1. The highest BCUT2D eigenvalue weighted by molar-refractivity contribution is 5.84. The predicted octanol–water partition coefficient (Wildman–Crippen LogP) is 4.55. The number of rotatable bonds is 4. The maximum Gasteiger partial charge on any atom is 0.178 e. The Morgan fingerprint density at radius 2 is 2.00 bits per heavy atom. The maximum atomic E-state index is 14.8. The van der Waals surface area contributed by atoms with E-state index in [0.29, 0.717) is 43.2 Å². The number of anilines is 1. The Labute approximate surface area is 179 Å². The van der Waals surface area contributed by atoms with E-state index in [9.17, 15) is 8.78 Å². The van der Waals surface area contributed by atoms with Crippen LogP contribution in [-0.4, -0.2) is 35.4 Å². The molecular weight excluding hydrogens is 398 g/mol. The van der Waals surface area contributed by atoms with Gasteiger partial charge in [0.15, 0.2) is 17.4 Å². The Morgan fingerprint density at radius 1 is 1.13 bits per heavy atom. The molecule has 31 heavy (non-hydrogen) atoms. The van der Waals surface area contributed by atoms with Crippen molar-refractivity contribution in [3.63, 3.8) is 0 Å². The van der Waals surface area contributed by atoms with E-state index in [2.05, 4.69) is 25.9 Å². The van der Waals surface area contributed by atoms with Crippen LogP contribution in [-0.2, 0) is 13.0 Å². The summed E-state index contributed by atoms with van der Waals surface area (Å²) >= 11 is 0. The van der Waals surface area contributed by atoms with E-state index in [1.807, 2.05) is 32.2 Å². The molecule has 2 aromatic carbocycles. The molecule has 2 aliphatic heterocycles. The average Bonchev–Trinajstić information content (AvgIpc) is 3.22. The average molecular weight is 420 g/mol. The molecule has 7 heteroatoms. The van der Waals surface area contributed by atoms with Gasteiger partial charge in [-0.15, -0.1) is 0 Å². The van der Waals surface area contributed by atoms with Crippen molar-refractivity contribution in [1.29, 1.82) is 0 Å². The molecule has 0 fully saturated rings. The van der Waals surface area contributed by atoms with Crippen LogP contribution in [0.15, 0.2) is 41.5 Å². The second-order valence-electron chi connectivity index (χ2n) is 8.10. The van der Waals surface area contributed by atoms with Crippen LogP contribution >= 0.6 is 0 Å². The number of aliphatic imine (C=N–C) groups is 1. The number of hydrogen-bond donors (Lipinski definition) is 0. The summed E-state index contributed by atoms with van der Waals surface area (Å²) in [5.74, 6) is -0.418. The molecule has 5 nitrogen and oxygen atoms in total. The number of benzene rings is 2. The summed E-state index contributed by atoms with van der Waals surface area (Å²) < 4.78 is 35.1. The van der Waals surface area contributed by atoms with Gasteiger partial charge in [-0.1, -0.05) is 18.2 Å². The van der Waals surface area contributed by atoms with Crippen molar-refractivity contribution in [2.75, 3.05) is 18.1 Å². The van der Waals surface area contributed by atoms with Crippen molar-refractivity contribution >= 4 is 11.9 Å². The monoisotopic (exact) mass is 420 g/mol. The lowest BCUT2D eigenvalue weighted by Gasteiger charge is -2.34. The summed E-state index contributed by atoms with van der Waals surface area (Å²) in [7, 11) is 0. The molecule has 0 aliphatic carbocycles. The van der Waals surface area contributed by atoms with Gasteiger partial charge in [0.25, 0.3) is 0 Å².